The Morgan fingerprint density at radius 3 is 2.33 bits per heavy atom. The highest BCUT2D eigenvalue weighted by atomic mass is 32.2. The van der Waals surface area contributed by atoms with E-state index in [1.807, 2.05) is 4.90 Å². The maximum atomic E-state index is 13.1. The SMILES string of the molecule is O=C(Nc1cccc(S(=O)(=O)N2CCCCCC2)c1)N1CCCC(N2CCCC2)C1. The fourth-order valence-corrected chi connectivity index (χ4v) is 6.48. The molecule has 3 saturated heterocycles. The van der Waals surface area contributed by atoms with Gasteiger partial charge < -0.3 is 10.2 Å². The molecule has 1 atom stereocenters. The van der Waals surface area contributed by atoms with Crippen LogP contribution in [0.4, 0.5) is 10.5 Å². The van der Waals surface area contributed by atoms with Gasteiger partial charge in [-0.15, -0.1) is 0 Å². The molecule has 3 aliphatic rings. The lowest BCUT2D eigenvalue weighted by Crippen LogP contribution is -2.50. The number of benzene rings is 1. The minimum atomic E-state index is -3.53. The molecular formula is C22H34N4O3S. The van der Waals surface area contributed by atoms with Gasteiger partial charge in [0.2, 0.25) is 10.0 Å². The van der Waals surface area contributed by atoms with Crippen molar-refractivity contribution in [3.63, 3.8) is 0 Å². The highest BCUT2D eigenvalue weighted by Crippen LogP contribution is 2.24. The first kappa shape index (κ1) is 21.6. The summed E-state index contributed by atoms with van der Waals surface area (Å²) in [5.41, 5.74) is 0.541. The first-order chi connectivity index (χ1) is 14.5. The van der Waals surface area contributed by atoms with E-state index in [0.29, 0.717) is 24.8 Å². The summed E-state index contributed by atoms with van der Waals surface area (Å²) in [6.07, 6.45) is 8.63. The van der Waals surface area contributed by atoms with E-state index >= 15 is 0 Å². The molecule has 0 aromatic heterocycles. The molecule has 3 aliphatic heterocycles. The van der Waals surface area contributed by atoms with Gasteiger partial charge in [-0.05, 0) is 69.8 Å². The lowest BCUT2D eigenvalue weighted by molar-refractivity contribution is 0.132. The molecule has 3 heterocycles. The normalized spacial score (nSPS) is 24.5. The number of piperidine rings is 1. The number of carbonyl (C=O) groups excluding carboxylic acids is 1. The summed E-state index contributed by atoms with van der Waals surface area (Å²) in [6, 6.07) is 7.01. The van der Waals surface area contributed by atoms with Crippen molar-refractivity contribution >= 4 is 21.7 Å². The summed E-state index contributed by atoms with van der Waals surface area (Å²) in [6.45, 7) is 4.92. The monoisotopic (exact) mass is 434 g/mol. The molecule has 1 unspecified atom stereocenters. The van der Waals surface area contributed by atoms with Crippen molar-refractivity contribution < 1.29 is 13.2 Å². The Kier molecular flexibility index (Phi) is 6.95. The average Bonchev–Trinajstić information content (AvgIpc) is 3.16. The van der Waals surface area contributed by atoms with Crippen molar-refractivity contribution in [3.05, 3.63) is 24.3 Å². The number of hydrogen-bond acceptors (Lipinski definition) is 4. The molecule has 0 saturated carbocycles. The topological polar surface area (TPSA) is 73.0 Å². The number of anilines is 1. The molecule has 166 valence electrons. The quantitative estimate of drug-likeness (QED) is 0.789. The maximum absolute atomic E-state index is 13.1. The van der Waals surface area contributed by atoms with Gasteiger partial charge in [-0.25, -0.2) is 13.2 Å². The number of sulfonamides is 1. The third-order valence-electron chi connectivity index (χ3n) is 6.63. The zero-order chi connectivity index (χ0) is 21.0. The third-order valence-corrected chi connectivity index (χ3v) is 8.52. The van der Waals surface area contributed by atoms with E-state index in [1.165, 1.54) is 12.8 Å². The Balaban J connectivity index is 1.41. The van der Waals surface area contributed by atoms with Crippen LogP contribution in [0.15, 0.2) is 29.2 Å². The molecule has 8 heteroatoms. The first-order valence-corrected chi connectivity index (χ1v) is 12.9. The standard InChI is InChI=1S/C22H34N4O3S/c27-22(25-14-8-10-20(18-25)24-12-5-6-13-24)23-19-9-7-11-21(17-19)30(28,29)26-15-3-1-2-4-16-26/h7,9,11,17,20H,1-6,8,10,12-16,18H2,(H,23,27). The summed E-state index contributed by atoms with van der Waals surface area (Å²) in [5, 5.41) is 2.94. The summed E-state index contributed by atoms with van der Waals surface area (Å²) in [5.74, 6) is 0. The van der Waals surface area contributed by atoms with Crippen LogP contribution in [0.25, 0.3) is 0 Å². The Labute approximate surface area is 180 Å². The highest BCUT2D eigenvalue weighted by Gasteiger charge is 2.30. The molecule has 0 bridgehead atoms. The van der Waals surface area contributed by atoms with Crippen LogP contribution in [0.1, 0.15) is 51.4 Å². The fraction of sp³-hybridized carbons (Fsp3) is 0.682. The highest BCUT2D eigenvalue weighted by molar-refractivity contribution is 7.89. The smallest absolute Gasteiger partial charge is 0.321 e. The molecular weight excluding hydrogens is 400 g/mol. The van der Waals surface area contributed by atoms with Crippen molar-refractivity contribution in [2.24, 2.45) is 0 Å². The van der Waals surface area contributed by atoms with Gasteiger partial charge in [-0.3, -0.25) is 4.90 Å². The lowest BCUT2D eigenvalue weighted by atomic mass is 10.0. The minimum absolute atomic E-state index is 0.136. The van der Waals surface area contributed by atoms with Gasteiger partial charge in [-0.2, -0.15) is 4.31 Å². The van der Waals surface area contributed by atoms with Gasteiger partial charge in [0.05, 0.1) is 4.90 Å². The van der Waals surface area contributed by atoms with E-state index in [2.05, 4.69) is 10.2 Å². The Bertz CT molecular complexity index is 831. The van der Waals surface area contributed by atoms with E-state index in [1.54, 1.807) is 28.6 Å². The van der Waals surface area contributed by atoms with Crippen LogP contribution in [-0.2, 0) is 10.0 Å². The molecule has 30 heavy (non-hydrogen) atoms. The number of hydrogen-bond donors (Lipinski definition) is 1. The summed E-state index contributed by atoms with van der Waals surface area (Å²) in [4.78, 5) is 17.5. The summed E-state index contributed by atoms with van der Waals surface area (Å²) in [7, 11) is -3.53. The van der Waals surface area contributed by atoms with Crippen LogP contribution < -0.4 is 5.32 Å². The van der Waals surface area contributed by atoms with Crippen LogP contribution in [-0.4, -0.2) is 73.9 Å². The number of nitrogens with zero attached hydrogens (tertiary/aromatic N) is 3. The zero-order valence-corrected chi connectivity index (χ0v) is 18.6. The largest absolute Gasteiger partial charge is 0.323 e. The van der Waals surface area contributed by atoms with E-state index < -0.39 is 10.0 Å². The average molecular weight is 435 g/mol. The summed E-state index contributed by atoms with van der Waals surface area (Å²) < 4.78 is 27.7. The van der Waals surface area contributed by atoms with Crippen molar-refractivity contribution in [2.45, 2.75) is 62.3 Å². The zero-order valence-electron chi connectivity index (χ0n) is 17.8. The predicted octanol–water partition coefficient (Wildman–Crippen LogP) is 3.34. The van der Waals surface area contributed by atoms with Crippen LogP contribution in [0.5, 0.6) is 0 Å². The van der Waals surface area contributed by atoms with Gasteiger partial charge in [0.1, 0.15) is 0 Å². The second-order valence-electron chi connectivity index (χ2n) is 8.76. The van der Waals surface area contributed by atoms with Crippen molar-refractivity contribution in [3.8, 4) is 0 Å². The molecule has 2 amide bonds. The number of nitrogens with one attached hydrogen (secondary N) is 1. The number of carbonyl (C=O) groups is 1. The van der Waals surface area contributed by atoms with Crippen molar-refractivity contribution in [1.29, 1.82) is 0 Å². The van der Waals surface area contributed by atoms with E-state index in [-0.39, 0.29) is 10.9 Å². The molecule has 1 aromatic rings. The van der Waals surface area contributed by atoms with Crippen LogP contribution in [0.2, 0.25) is 0 Å². The van der Waals surface area contributed by atoms with Crippen LogP contribution in [0.3, 0.4) is 0 Å². The Hall–Kier alpha value is -1.64. The predicted molar refractivity (Wildman–Crippen MR) is 118 cm³/mol. The van der Waals surface area contributed by atoms with Gasteiger partial charge in [0, 0.05) is 37.9 Å². The molecule has 1 aromatic carbocycles. The van der Waals surface area contributed by atoms with Crippen molar-refractivity contribution in [1.82, 2.24) is 14.1 Å². The molecule has 7 nitrogen and oxygen atoms in total. The third kappa shape index (κ3) is 4.98. The number of urea groups is 1. The molecule has 0 aliphatic carbocycles. The van der Waals surface area contributed by atoms with Gasteiger partial charge in [0.15, 0.2) is 0 Å². The molecule has 0 radical (unpaired) electrons. The number of amides is 2. The Morgan fingerprint density at radius 2 is 1.60 bits per heavy atom. The molecule has 3 fully saturated rings. The van der Waals surface area contributed by atoms with Crippen LogP contribution in [0, 0.1) is 0 Å². The van der Waals surface area contributed by atoms with Crippen LogP contribution >= 0.6 is 0 Å². The minimum Gasteiger partial charge on any atom is -0.323 e. The summed E-state index contributed by atoms with van der Waals surface area (Å²) >= 11 is 0. The second kappa shape index (κ2) is 9.66. The van der Waals surface area contributed by atoms with E-state index in [4.69, 9.17) is 0 Å². The van der Waals surface area contributed by atoms with Gasteiger partial charge >= 0.3 is 6.03 Å². The Morgan fingerprint density at radius 1 is 0.900 bits per heavy atom. The second-order valence-corrected chi connectivity index (χ2v) is 10.7. The van der Waals surface area contributed by atoms with Gasteiger partial charge in [0.25, 0.3) is 0 Å². The van der Waals surface area contributed by atoms with E-state index in [0.717, 1.165) is 64.7 Å². The molecule has 0 spiro atoms. The number of likely N-dealkylation sites (tertiary alicyclic amines) is 2. The lowest BCUT2D eigenvalue weighted by Gasteiger charge is -2.37. The fourth-order valence-electron chi connectivity index (χ4n) is 4.91. The van der Waals surface area contributed by atoms with Gasteiger partial charge in [-0.1, -0.05) is 18.9 Å². The van der Waals surface area contributed by atoms with E-state index in [9.17, 15) is 13.2 Å². The first-order valence-electron chi connectivity index (χ1n) is 11.4. The maximum Gasteiger partial charge on any atom is 0.321 e. The van der Waals surface area contributed by atoms with Crippen molar-refractivity contribution in [2.75, 3.05) is 44.6 Å². The molecule has 1 N–H and O–H groups in total. The molecule has 4 rings (SSSR count). The number of rotatable bonds is 4.